The molecule has 1 fully saturated rings. The second-order valence-corrected chi connectivity index (χ2v) is 7.46. The first-order chi connectivity index (χ1) is 11.1. The summed E-state index contributed by atoms with van der Waals surface area (Å²) >= 11 is 0. The zero-order valence-corrected chi connectivity index (χ0v) is 14.2. The Balaban J connectivity index is 1.78. The average Bonchev–Trinajstić information content (AvgIpc) is 2.84. The highest BCUT2D eigenvalue weighted by Crippen LogP contribution is 2.47. The molecule has 1 aliphatic carbocycles. The van der Waals surface area contributed by atoms with Crippen LogP contribution in [0, 0.1) is 0 Å². The Labute approximate surface area is 139 Å². The number of carbonyl (C=O) groups is 1. The molecule has 0 aromatic carbocycles. The van der Waals surface area contributed by atoms with E-state index in [2.05, 4.69) is 10.4 Å². The molecule has 0 radical (unpaired) electrons. The van der Waals surface area contributed by atoms with E-state index in [1.54, 1.807) is 31.5 Å². The summed E-state index contributed by atoms with van der Waals surface area (Å²) in [5.74, 6) is -2.28. The highest BCUT2D eigenvalue weighted by molar-refractivity contribution is 5.83. The molecular formula is C16H23F2N3O3. The van der Waals surface area contributed by atoms with Crippen LogP contribution in [0.25, 0.3) is 0 Å². The van der Waals surface area contributed by atoms with Gasteiger partial charge in [0.25, 0.3) is 0 Å². The average molecular weight is 343 g/mol. The predicted molar refractivity (Wildman–Crippen MR) is 83.1 cm³/mol. The van der Waals surface area contributed by atoms with Gasteiger partial charge in [-0.05, 0) is 33.6 Å². The van der Waals surface area contributed by atoms with E-state index in [9.17, 15) is 13.6 Å². The molecule has 0 bridgehead atoms. The fourth-order valence-electron chi connectivity index (χ4n) is 3.24. The third kappa shape index (κ3) is 3.53. The van der Waals surface area contributed by atoms with E-state index >= 15 is 0 Å². The minimum absolute atomic E-state index is 0.201. The molecule has 1 aromatic rings. The number of hydrogen-bond acceptors (Lipinski definition) is 4. The predicted octanol–water partition coefficient (Wildman–Crippen LogP) is 3.66. The van der Waals surface area contributed by atoms with E-state index in [4.69, 9.17) is 9.47 Å². The van der Waals surface area contributed by atoms with Crippen LogP contribution in [-0.2, 0) is 21.6 Å². The van der Waals surface area contributed by atoms with Gasteiger partial charge < -0.3 is 9.47 Å². The van der Waals surface area contributed by atoms with Gasteiger partial charge in [-0.25, -0.2) is 13.6 Å². The monoisotopic (exact) mass is 343 g/mol. The third-order valence-electron chi connectivity index (χ3n) is 4.35. The molecule has 1 spiro atoms. The van der Waals surface area contributed by atoms with E-state index in [0.29, 0.717) is 19.0 Å². The number of nitrogens with zero attached hydrogens (tertiary/aromatic N) is 2. The smallest absolute Gasteiger partial charge is 0.413 e. The fourth-order valence-corrected chi connectivity index (χ4v) is 3.24. The number of fused-ring (bicyclic) bond motifs is 2. The van der Waals surface area contributed by atoms with Crippen LogP contribution in [0.5, 0.6) is 0 Å². The number of nitrogens with one attached hydrogen (secondary N) is 1. The minimum atomic E-state index is -2.63. The van der Waals surface area contributed by atoms with Crippen molar-refractivity contribution >= 4 is 11.9 Å². The van der Waals surface area contributed by atoms with E-state index in [1.807, 2.05) is 0 Å². The quantitative estimate of drug-likeness (QED) is 0.845. The highest BCUT2D eigenvalue weighted by atomic mass is 19.3. The third-order valence-corrected chi connectivity index (χ3v) is 4.35. The lowest BCUT2D eigenvalue weighted by molar-refractivity contribution is -0.152. The molecule has 6 nitrogen and oxygen atoms in total. The maximum atomic E-state index is 13.5. The molecule has 134 valence electrons. The van der Waals surface area contributed by atoms with Crippen molar-refractivity contribution < 1.29 is 23.0 Å². The van der Waals surface area contributed by atoms with Gasteiger partial charge in [0.15, 0.2) is 5.82 Å². The zero-order chi connectivity index (χ0) is 17.6. The first-order valence-electron chi connectivity index (χ1n) is 8.19. The van der Waals surface area contributed by atoms with Gasteiger partial charge in [-0.1, -0.05) is 0 Å². The van der Waals surface area contributed by atoms with Crippen LogP contribution in [-0.4, -0.2) is 34.0 Å². The Morgan fingerprint density at radius 1 is 1.33 bits per heavy atom. The van der Waals surface area contributed by atoms with Crippen molar-refractivity contribution in [2.24, 2.45) is 0 Å². The molecule has 1 amide bonds. The van der Waals surface area contributed by atoms with Crippen molar-refractivity contribution in [3.63, 3.8) is 0 Å². The molecular weight excluding hydrogens is 320 g/mol. The lowest BCUT2D eigenvalue weighted by atomic mass is 9.79. The van der Waals surface area contributed by atoms with Crippen molar-refractivity contribution in [3.8, 4) is 0 Å². The number of halogens is 2. The van der Waals surface area contributed by atoms with Crippen LogP contribution in [0.2, 0.25) is 0 Å². The number of hydrogen-bond donors (Lipinski definition) is 1. The van der Waals surface area contributed by atoms with Crippen molar-refractivity contribution in [2.45, 2.75) is 70.1 Å². The molecule has 2 heterocycles. The second kappa shape index (κ2) is 5.68. The minimum Gasteiger partial charge on any atom is -0.444 e. The van der Waals surface area contributed by atoms with Gasteiger partial charge in [0, 0.05) is 18.9 Å². The van der Waals surface area contributed by atoms with Gasteiger partial charge in [-0.3, -0.25) is 10.00 Å². The van der Waals surface area contributed by atoms with Crippen LogP contribution < -0.4 is 5.32 Å². The van der Waals surface area contributed by atoms with Gasteiger partial charge in [-0.2, -0.15) is 5.10 Å². The Hall–Kier alpha value is -1.70. The summed E-state index contributed by atoms with van der Waals surface area (Å²) in [6.07, 6.45) is -0.502. The Morgan fingerprint density at radius 2 is 2.00 bits per heavy atom. The largest absolute Gasteiger partial charge is 0.444 e. The van der Waals surface area contributed by atoms with Gasteiger partial charge in [0.2, 0.25) is 5.92 Å². The van der Waals surface area contributed by atoms with E-state index in [1.165, 1.54) is 0 Å². The number of ether oxygens (including phenoxy) is 2. The van der Waals surface area contributed by atoms with E-state index in [-0.39, 0.29) is 25.7 Å². The second-order valence-electron chi connectivity index (χ2n) is 7.46. The highest BCUT2D eigenvalue weighted by Gasteiger charge is 2.48. The van der Waals surface area contributed by atoms with Crippen LogP contribution in [0.15, 0.2) is 6.07 Å². The molecule has 2 aliphatic rings. The van der Waals surface area contributed by atoms with Gasteiger partial charge >= 0.3 is 6.09 Å². The summed E-state index contributed by atoms with van der Waals surface area (Å²) in [7, 11) is 0. The maximum Gasteiger partial charge on any atom is 0.413 e. The lowest BCUT2D eigenvalue weighted by Crippen LogP contribution is -2.43. The molecule has 1 N–H and O–H groups in total. The normalized spacial score (nSPS) is 22.0. The first-order valence-corrected chi connectivity index (χ1v) is 8.19. The van der Waals surface area contributed by atoms with Gasteiger partial charge in [0.05, 0.1) is 18.8 Å². The van der Waals surface area contributed by atoms with Gasteiger partial charge in [0.1, 0.15) is 11.2 Å². The number of alkyl halides is 2. The standard InChI is InChI=1S/C16H23F2N3O3/c1-14(2,3)24-13(22)19-12-10-11-15(23-9-8-21(11)20-12)4-6-16(17,18)7-5-15/h10H,4-9H2,1-3H3,(H,19,20,22). The number of anilines is 1. The summed E-state index contributed by atoms with van der Waals surface area (Å²) in [5.41, 5.74) is -0.598. The SMILES string of the molecule is CC(C)(C)OC(=O)Nc1cc2n(n1)CCOC21CCC(F)(F)CC1. The van der Waals surface area contributed by atoms with E-state index in [0.717, 1.165) is 5.69 Å². The molecule has 1 saturated carbocycles. The molecule has 0 saturated heterocycles. The molecule has 0 atom stereocenters. The summed E-state index contributed by atoms with van der Waals surface area (Å²) in [6.45, 7) is 6.27. The first kappa shape index (κ1) is 17.1. The molecule has 24 heavy (non-hydrogen) atoms. The zero-order valence-electron chi connectivity index (χ0n) is 14.2. The summed E-state index contributed by atoms with van der Waals surface area (Å²) < 4.78 is 39.8. The number of rotatable bonds is 1. The molecule has 1 aromatic heterocycles. The van der Waals surface area contributed by atoms with E-state index < -0.39 is 23.2 Å². The van der Waals surface area contributed by atoms with Crippen molar-refractivity contribution in [2.75, 3.05) is 11.9 Å². The van der Waals surface area contributed by atoms with Crippen LogP contribution in [0.1, 0.15) is 52.1 Å². The summed E-state index contributed by atoms with van der Waals surface area (Å²) in [6, 6.07) is 1.70. The number of aromatic nitrogens is 2. The lowest BCUT2D eigenvalue weighted by Gasteiger charge is -2.42. The molecule has 3 rings (SSSR count). The molecule has 8 heteroatoms. The van der Waals surface area contributed by atoms with Crippen molar-refractivity contribution in [3.05, 3.63) is 11.8 Å². The van der Waals surface area contributed by atoms with Crippen molar-refractivity contribution in [1.82, 2.24) is 9.78 Å². The van der Waals surface area contributed by atoms with Crippen LogP contribution in [0.3, 0.4) is 0 Å². The van der Waals surface area contributed by atoms with Crippen LogP contribution >= 0.6 is 0 Å². The Kier molecular flexibility index (Phi) is 4.06. The summed E-state index contributed by atoms with van der Waals surface area (Å²) in [4.78, 5) is 11.9. The Morgan fingerprint density at radius 3 is 2.62 bits per heavy atom. The van der Waals surface area contributed by atoms with Crippen molar-refractivity contribution in [1.29, 1.82) is 0 Å². The Bertz CT molecular complexity index is 627. The molecule has 0 unspecified atom stereocenters. The molecule has 1 aliphatic heterocycles. The number of carbonyl (C=O) groups excluding carboxylic acids is 1. The van der Waals surface area contributed by atoms with Gasteiger partial charge in [-0.15, -0.1) is 0 Å². The van der Waals surface area contributed by atoms with Crippen LogP contribution in [0.4, 0.5) is 19.4 Å². The number of amides is 1. The summed E-state index contributed by atoms with van der Waals surface area (Å²) in [5, 5.41) is 6.94. The fraction of sp³-hybridized carbons (Fsp3) is 0.750. The maximum absolute atomic E-state index is 13.5. The topological polar surface area (TPSA) is 65.4 Å².